The predicted molar refractivity (Wildman–Crippen MR) is 124 cm³/mol. The van der Waals surface area contributed by atoms with Crippen LogP contribution in [0, 0.1) is 31.1 Å². The Hall–Kier alpha value is -3.73. The quantitative estimate of drug-likeness (QED) is 0.388. The normalized spacial score (nSPS) is 13.3. The highest BCUT2D eigenvalue weighted by Gasteiger charge is 2.17. The molecule has 8 heteroatoms. The van der Waals surface area contributed by atoms with Crippen molar-refractivity contribution in [2.24, 2.45) is 5.92 Å². The number of benzene rings is 1. The molecule has 1 aliphatic rings. The van der Waals surface area contributed by atoms with E-state index in [4.69, 9.17) is 14.2 Å². The van der Waals surface area contributed by atoms with Gasteiger partial charge >= 0.3 is 5.97 Å². The SMILES string of the molecule is Cc1cc(/C=C(/C#N)C(=O)OCC(=O)Nc2ccc3c(c2)OCCCO3)c(C)n1CC(C)C. The smallest absolute Gasteiger partial charge is 0.349 e. The van der Waals surface area contributed by atoms with Gasteiger partial charge in [0.2, 0.25) is 0 Å². The summed E-state index contributed by atoms with van der Waals surface area (Å²) in [6, 6.07) is 8.86. The maximum absolute atomic E-state index is 12.4. The summed E-state index contributed by atoms with van der Waals surface area (Å²) in [6.07, 6.45) is 2.28. The number of fused-ring (bicyclic) bond motifs is 1. The van der Waals surface area contributed by atoms with Gasteiger partial charge in [0.05, 0.1) is 13.2 Å². The van der Waals surface area contributed by atoms with Gasteiger partial charge in [0.15, 0.2) is 18.1 Å². The number of nitrogens with one attached hydrogen (secondary N) is 1. The highest BCUT2D eigenvalue weighted by atomic mass is 16.5. The maximum atomic E-state index is 12.4. The standard InChI is InChI=1S/C25H29N3O5/c1-16(2)14-28-17(3)10-19(18(28)4)11-20(13-26)25(30)33-15-24(29)27-21-6-7-22-23(12-21)32-9-5-8-31-22/h6-7,10-12,16H,5,8-9,14-15H2,1-4H3,(H,27,29)/b20-11-. The zero-order valence-corrected chi connectivity index (χ0v) is 19.4. The number of nitrogens with zero attached hydrogens (tertiary/aromatic N) is 2. The van der Waals surface area contributed by atoms with E-state index in [0.717, 1.165) is 29.9 Å². The molecule has 0 aliphatic carbocycles. The Morgan fingerprint density at radius 2 is 1.94 bits per heavy atom. The van der Waals surface area contributed by atoms with Crippen molar-refractivity contribution in [1.82, 2.24) is 4.57 Å². The Bertz CT molecular complexity index is 1110. The molecule has 0 radical (unpaired) electrons. The van der Waals surface area contributed by atoms with Gasteiger partial charge in [0.1, 0.15) is 11.6 Å². The van der Waals surface area contributed by atoms with Crippen LogP contribution in [-0.4, -0.2) is 36.3 Å². The summed E-state index contributed by atoms with van der Waals surface area (Å²) in [6.45, 7) is 9.63. The number of aromatic nitrogens is 1. The van der Waals surface area contributed by atoms with Gasteiger partial charge in [-0.2, -0.15) is 5.26 Å². The fourth-order valence-corrected chi connectivity index (χ4v) is 3.56. The van der Waals surface area contributed by atoms with E-state index >= 15 is 0 Å². The van der Waals surface area contributed by atoms with Gasteiger partial charge in [-0.05, 0) is 49.6 Å². The first-order valence-electron chi connectivity index (χ1n) is 10.9. The molecule has 0 fully saturated rings. The average molecular weight is 452 g/mol. The highest BCUT2D eigenvalue weighted by molar-refractivity contribution is 6.00. The minimum absolute atomic E-state index is 0.164. The van der Waals surface area contributed by atoms with Crippen molar-refractivity contribution in [2.45, 2.75) is 40.7 Å². The third kappa shape index (κ3) is 6.16. The van der Waals surface area contributed by atoms with Gasteiger partial charge in [-0.1, -0.05) is 13.8 Å². The van der Waals surface area contributed by atoms with E-state index in [-0.39, 0.29) is 5.57 Å². The lowest BCUT2D eigenvalue weighted by Gasteiger charge is -2.12. The molecule has 2 heterocycles. The number of hydrogen-bond acceptors (Lipinski definition) is 6. The topological polar surface area (TPSA) is 103 Å². The molecule has 0 atom stereocenters. The number of carbonyl (C=O) groups excluding carboxylic acids is 2. The molecule has 1 N–H and O–H groups in total. The fourth-order valence-electron chi connectivity index (χ4n) is 3.56. The molecule has 3 rings (SSSR count). The Morgan fingerprint density at radius 3 is 2.64 bits per heavy atom. The van der Waals surface area contributed by atoms with Crippen LogP contribution >= 0.6 is 0 Å². The first kappa shape index (κ1) is 23.9. The highest BCUT2D eigenvalue weighted by Crippen LogP contribution is 2.32. The van der Waals surface area contributed by atoms with E-state index < -0.39 is 18.5 Å². The van der Waals surface area contributed by atoms with Crippen LogP contribution in [0.2, 0.25) is 0 Å². The van der Waals surface area contributed by atoms with Gasteiger partial charge in [-0.15, -0.1) is 0 Å². The summed E-state index contributed by atoms with van der Waals surface area (Å²) >= 11 is 0. The number of ether oxygens (including phenoxy) is 3. The summed E-state index contributed by atoms with van der Waals surface area (Å²) in [5.41, 5.74) is 3.12. The molecule has 8 nitrogen and oxygen atoms in total. The first-order valence-corrected chi connectivity index (χ1v) is 10.9. The minimum Gasteiger partial charge on any atom is -0.490 e. The summed E-state index contributed by atoms with van der Waals surface area (Å²) in [7, 11) is 0. The molecule has 0 saturated heterocycles. The summed E-state index contributed by atoms with van der Waals surface area (Å²) < 4.78 is 18.4. The minimum atomic E-state index is -0.847. The molecule has 33 heavy (non-hydrogen) atoms. The molecule has 174 valence electrons. The second-order valence-corrected chi connectivity index (χ2v) is 8.34. The molecule has 2 aromatic rings. The predicted octanol–water partition coefficient (Wildman–Crippen LogP) is 4.01. The summed E-state index contributed by atoms with van der Waals surface area (Å²) in [5, 5.41) is 12.1. The van der Waals surface area contributed by atoms with Crippen molar-refractivity contribution in [2.75, 3.05) is 25.1 Å². The molecule has 0 unspecified atom stereocenters. The second kappa shape index (κ2) is 10.7. The molecule has 1 aromatic heterocycles. The molecule has 1 amide bonds. The van der Waals surface area contributed by atoms with Gasteiger partial charge in [-0.3, -0.25) is 4.79 Å². The number of carbonyl (C=O) groups is 2. The van der Waals surface area contributed by atoms with Crippen molar-refractivity contribution < 1.29 is 23.8 Å². The first-order chi connectivity index (χ1) is 15.8. The second-order valence-electron chi connectivity index (χ2n) is 8.34. The lowest BCUT2D eigenvalue weighted by molar-refractivity contribution is -0.142. The van der Waals surface area contributed by atoms with Crippen molar-refractivity contribution in [3.63, 3.8) is 0 Å². The summed E-state index contributed by atoms with van der Waals surface area (Å²) in [5.74, 6) is 0.259. The molecule has 0 bridgehead atoms. The van der Waals surface area contributed by atoms with E-state index in [1.54, 1.807) is 18.2 Å². The van der Waals surface area contributed by atoms with E-state index in [1.165, 1.54) is 6.08 Å². The van der Waals surface area contributed by atoms with Crippen LogP contribution in [0.15, 0.2) is 29.8 Å². The number of rotatable bonds is 7. The average Bonchev–Trinajstić information content (AvgIpc) is 2.94. The van der Waals surface area contributed by atoms with E-state index in [2.05, 4.69) is 23.7 Å². The number of nitriles is 1. The number of esters is 1. The largest absolute Gasteiger partial charge is 0.490 e. The zero-order chi connectivity index (χ0) is 24.0. The van der Waals surface area contributed by atoms with Crippen molar-refractivity contribution in [3.8, 4) is 17.6 Å². The maximum Gasteiger partial charge on any atom is 0.349 e. The van der Waals surface area contributed by atoms with Crippen LogP contribution in [0.25, 0.3) is 6.08 Å². The monoisotopic (exact) mass is 451 g/mol. The van der Waals surface area contributed by atoms with Crippen LogP contribution in [0.1, 0.15) is 37.2 Å². The number of hydrogen-bond donors (Lipinski definition) is 1. The molecular weight excluding hydrogens is 422 g/mol. The number of anilines is 1. The zero-order valence-electron chi connectivity index (χ0n) is 19.4. The third-order valence-electron chi connectivity index (χ3n) is 5.17. The van der Waals surface area contributed by atoms with Gasteiger partial charge in [0.25, 0.3) is 5.91 Å². The van der Waals surface area contributed by atoms with E-state index in [1.807, 2.05) is 26.0 Å². The van der Waals surface area contributed by atoms with Gasteiger partial charge in [-0.25, -0.2) is 4.79 Å². The Balaban J connectivity index is 1.62. The molecule has 0 spiro atoms. The summed E-state index contributed by atoms with van der Waals surface area (Å²) in [4.78, 5) is 24.7. The van der Waals surface area contributed by atoms with Crippen LogP contribution < -0.4 is 14.8 Å². The third-order valence-corrected chi connectivity index (χ3v) is 5.17. The van der Waals surface area contributed by atoms with Crippen LogP contribution in [0.4, 0.5) is 5.69 Å². The van der Waals surface area contributed by atoms with E-state index in [0.29, 0.717) is 36.3 Å². The van der Waals surface area contributed by atoms with Crippen LogP contribution in [0.5, 0.6) is 11.5 Å². The van der Waals surface area contributed by atoms with Gasteiger partial charge < -0.3 is 24.1 Å². The van der Waals surface area contributed by atoms with Gasteiger partial charge in [0, 0.05) is 36.1 Å². The lowest BCUT2D eigenvalue weighted by Crippen LogP contribution is -2.21. The molecule has 1 aliphatic heterocycles. The Kier molecular flexibility index (Phi) is 7.78. The molecular formula is C25H29N3O5. The van der Waals surface area contributed by atoms with Crippen LogP contribution in [-0.2, 0) is 20.9 Å². The Labute approximate surface area is 193 Å². The lowest BCUT2D eigenvalue weighted by atomic mass is 10.1. The molecule has 0 saturated carbocycles. The molecule has 1 aromatic carbocycles. The van der Waals surface area contributed by atoms with Crippen LogP contribution in [0.3, 0.4) is 0 Å². The van der Waals surface area contributed by atoms with Crippen molar-refractivity contribution >= 4 is 23.6 Å². The fraction of sp³-hybridized carbons (Fsp3) is 0.400. The Morgan fingerprint density at radius 1 is 1.21 bits per heavy atom. The number of aryl methyl sites for hydroxylation is 1. The van der Waals surface area contributed by atoms with E-state index in [9.17, 15) is 14.9 Å². The van der Waals surface area contributed by atoms with Crippen molar-refractivity contribution in [1.29, 1.82) is 5.26 Å². The number of amides is 1. The van der Waals surface area contributed by atoms with Crippen molar-refractivity contribution in [3.05, 3.63) is 46.8 Å².